The molecular formula is C18H14Br2FNO4. The summed E-state index contributed by atoms with van der Waals surface area (Å²) in [6, 6.07) is 9.37. The van der Waals surface area contributed by atoms with Gasteiger partial charge in [0.05, 0.1) is 8.95 Å². The SMILES string of the molecule is CC(=O)NC(=Cc1cc(Br)c(OCc2cccc(F)c2)c(Br)c1)C(=O)O. The smallest absolute Gasteiger partial charge is 0.352 e. The summed E-state index contributed by atoms with van der Waals surface area (Å²) in [7, 11) is 0. The third-order valence-electron chi connectivity index (χ3n) is 3.14. The molecule has 0 aliphatic rings. The zero-order valence-electron chi connectivity index (χ0n) is 13.6. The monoisotopic (exact) mass is 485 g/mol. The number of ether oxygens (including phenoxy) is 1. The molecule has 2 aromatic rings. The number of rotatable bonds is 6. The first-order valence-corrected chi connectivity index (χ1v) is 8.93. The van der Waals surface area contributed by atoms with Gasteiger partial charge >= 0.3 is 5.97 Å². The van der Waals surface area contributed by atoms with E-state index in [0.717, 1.165) is 0 Å². The second kappa shape index (κ2) is 8.95. The van der Waals surface area contributed by atoms with E-state index in [1.807, 2.05) is 0 Å². The van der Waals surface area contributed by atoms with Crippen molar-refractivity contribution in [3.05, 3.63) is 68.0 Å². The summed E-state index contributed by atoms with van der Waals surface area (Å²) in [5, 5.41) is 11.4. The third kappa shape index (κ3) is 5.67. The number of benzene rings is 2. The van der Waals surface area contributed by atoms with E-state index in [-0.39, 0.29) is 18.1 Å². The van der Waals surface area contributed by atoms with Gasteiger partial charge < -0.3 is 15.2 Å². The lowest BCUT2D eigenvalue weighted by molar-refractivity contribution is -0.134. The van der Waals surface area contributed by atoms with Crippen LogP contribution < -0.4 is 10.1 Å². The molecule has 2 aromatic carbocycles. The molecule has 0 radical (unpaired) electrons. The van der Waals surface area contributed by atoms with Crippen LogP contribution in [0.4, 0.5) is 4.39 Å². The fraction of sp³-hybridized carbons (Fsp3) is 0.111. The van der Waals surface area contributed by atoms with Gasteiger partial charge in [0.1, 0.15) is 23.9 Å². The van der Waals surface area contributed by atoms with Crippen LogP contribution in [0.15, 0.2) is 51.0 Å². The topological polar surface area (TPSA) is 75.6 Å². The van der Waals surface area contributed by atoms with Gasteiger partial charge in [-0.3, -0.25) is 4.79 Å². The fourth-order valence-corrected chi connectivity index (χ4v) is 3.54. The molecule has 0 aromatic heterocycles. The normalized spacial score (nSPS) is 11.2. The maximum Gasteiger partial charge on any atom is 0.352 e. The molecule has 2 rings (SSSR count). The Morgan fingerprint density at radius 1 is 1.23 bits per heavy atom. The van der Waals surface area contributed by atoms with Gasteiger partial charge in [-0.05, 0) is 73.3 Å². The molecule has 0 saturated carbocycles. The van der Waals surface area contributed by atoms with Crippen LogP contribution in [0.2, 0.25) is 0 Å². The van der Waals surface area contributed by atoms with Crippen molar-refractivity contribution in [2.75, 3.05) is 0 Å². The molecule has 0 heterocycles. The Morgan fingerprint density at radius 2 is 1.88 bits per heavy atom. The second-order valence-corrected chi connectivity index (χ2v) is 6.99. The standard InChI is InChI=1S/C18H14Br2FNO4/c1-10(23)22-16(18(24)25)8-12-6-14(19)17(15(20)7-12)26-9-11-3-2-4-13(21)5-11/h2-8H,9H2,1H3,(H,22,23)(H,24,25). The average Bonchev–Trinajstić information content (AvgIpc) is 2.53. The molecule has 0 atom stereocenters. The first-order chi connectivity index (χ1) is 12.3. The maximum atomic E-state index is 13.2. The van der Waals surface area contributed by atoms with Crippen molar-refractivity contribution in [2.24, 2.45) is 0 Å². The van der Waals surface area contributed by atoms with E-state index in [0.29, 0.717) is 25.8 Å². The Labute approximate surface area is 166 Å². The molecule has 0 unspecified atom stereocenters. The van der Waals surface area contributed by atoms with Gasteiger partial charge in [-0.25, -0.2) is 9.18 Å². The van der Waals surface area contributed by atoms with Gasteiger partial charge in [0.15, 0.2) is 0 Å². The predicted octanol–water partition coefficient (Wildman–Crippen LogP) is 4.49. The van der Waals surface area contributed by atoms with Gasteiger partial charge in [0.2, 0.25) is 5.91 Å². The van der Waals surface area contributed by atoms with E-state index in [1.54, 1.807) is 24.3 Å². The molecule has 0 saturated heterocycles. The molecule has 2 N–H and O–H groups in total. The zero-order valence-corrected chi connectivity index (χ0v) is 16.7. The zero-order chi connectivity index (χ0) is 19.3. The highest BCUT2D eigenvalue weighted by Gasteiger charge is 2.12. The minimum absolute atomic E-state index is 0.163. The number of aliphatic carboxylic acids is 1. The molecule has 0 spiro atoms. The Hall–Kier alpha value is -2.19. The van der Waals surface area contributed by atoms with Gasteiger partial charge in [0, 0.05) is 6.92 Å². The Morgan fingerprint density at radius 3 is 2.42 bits per heavy atom. The highest BCUT2D eigenvalue weighted by Crippen LogP contribution is 2.36. The van der Waals surface area contributed by atoms with E-state index in [4.69, 9.17) is 9.84 Å². The van der Waals surface area contributed by atoms with E-state index < -0.39 is 11.9 Å². The van der Waals surface area contributed by atoms with Gasteiger partial charge in [-0.1, -0.05) is 12.1 Å². The summed E-state index contributed by atoms with van der Waals surface area (Å²) < 4.78 is 20.1. The molecular weight excluding hydrogens is 473 g/mol. The quantitative estimate of drug-likeness (QED) is 0.590. The molecule has 5 nitrogen and oxygen atoms in total. The summed E-state index contributed by atoms with van der Waals surface area (Å²) in [5.41, 5.74) is 0.962. The molecule has 0 aliphatic heterocycles. The maximum absolute atomic E-state index is 13.2. The van der Waals surface area contributed by atoms with Crippen molar-refractivity contribution < 1.29 is 23.8 Å². The summed E-state index contributed by atoms with van der Waals surface area (Å²) in [6.45, 7) is 1.39. The van der Waals surface area contributed by atoms with Crippen molar-refractivity contribution in [1.82, 2.24) is 5.32 Å². The lowest BCUT2D eigenvalue weighted by atomic mass is 10.2. The highest BCUT2D eigenvalue weighted by atomic mass is 79.9. The first-order valence-electron chi connectivity index (χ1n) is 7.35. The van der Waals surface area contributed by atoms with Crippen LogP contribution in [0.3, 0.4) is 0 Å². The predicted molar refractivity (Wildman–Crippen MR) is 102 cm³/mol. The van der Waals surface area contributed by atoms with Crippen LogP contribution in [-0.2, 0) is 16.2 Å². The van der Waals surface area contributed by atoms with Crippen LogP contribution >= 0.6 is 31.9 Å². The van der Waals surface area contributed by atoms with Crippen molar-refractivity contribution in [3.63, 3.8) is 0 Å². The molecule has 26 heavy (non-hydrogen) atoms. The minimum atomic E-state index is -1.25. The van der Waals surface area contributed by atoms with Crippen molar-refractivity contribution >= 4 is 49.8 Å². The molecule has 1 amide bonds. The Bertz CT molecular complexity index is 860. The number of carbonyl (C=O) groups is 2. The Kier molecular flexibility index (Phi) is 6.93. The summed E-state index contributed by atoms with van der Waals surface area (Å²) in [5.74, 6) is -1.59. The van der Waals surface area contributed by atoms with Crippen LogP contribution in [0.1, 0.15) is 18.1 Å². The van der Waals surface area contributed by atoms with Crippen LogP contribution in [0.5, 0.6) is 5.75 Å². The number of halogens is 3. The average molecular weight is 487 g/mol. The van der Waals surface area contributed by atoms with E-state index in [9.17, 15) is 14.0 Å². The van der Waals surface area contributed by atoms with Gasteiger partial charge in [-0.2, -0.15) is 0 Å². The number of hydrogen-bond acceptors (Lipinski definition) is 3. The van der Waals surface area contributed by atoms with Gasteiger partial charge in [0.25, 0.3) is 0 Å². The molecule has 0 fully saturated rings. The molecule has 136 valence electrons. The lowest BCUT2D eigenvalue weighted by Crippen LogP contribution is -2.24. The first kappa shape index (κ1) is 20.1. The molecule has 8 heteroatoms. The van der Waals surface area contributed by atoms with Crippen molar-refractivity contribution in [1.29, 1.82) is 0 Å². The number of carboxylic acid groups (broad SMARTS) is 1. The van der Waals surface area contributed by atoms with Crippen LogP contribution in [-0.4, -0.2) is 17.0 Å². The fourth-order valence-electron chi connectivity index (χ4n) is 2.09. The number of carbonyl (C=O) groups excluding carboxylic acids is 1. The van der Waals surface area contributed by atoms with E-state index in [2.05, 4.69) is 37.2 Å². The Balaban J connectivity index is 2.24. The van der Waals surface area contributed by atoms with E-state index in [1.165, 1.54) is 25.1 Å². The summed E-state index contributed by atoms with van der Waals surface area (Å²) >= 11 is 6.74. The largest absolute Gasteiger partial charge is 0.487 e. The van der Waals surface area contributed by atoms with Crippen molar-refractivity contribution in [2.45, 2.75) is 13.5 Å². The number of nitrogens with one attached hydrogen (secondary N) is 1. The van der Waals surface area contributed by atoms with Crippen LogP contribution in [0.25, 0.3) is 6.08 Å². The molecule has 0 aliphatic carbocycles. The van der Waals surface area contributed by atoms with Gasteiger partial charge in [-0.15, -0.1) is 0 Å². The number of amides is 1. The second-order valence-electron chi connectivity index (χ2n) is 5.28. The third-order valence-corrected chi connectivity index (χ3v) is 4.32. The number of carboxylic acids is 1. The summed E-state index contributed by atoms with van der Waals surface area (Å²) in [4.78, 5) is 22.3. The number of hydrogen-bond donors (Lipinski definition) is 2. The van der Waals surface area contributed by atoms with E-state index >= 15 is 0 Å². The summed E-state index contributed by atoms with van der Waals surface area (Å²) in [6.07, 6.45) is 1.33. The van der Waals surface area contributed by atoms with Crippen molar-refractivity contribution in [3.8, 4) is 5.75 Å². The van der Waals surface area contributed by atoms with Crippen LogP contribution in [0, 0.1) is 5.82 Å². The highest BCUT2D eigenvalue weighted by molar-refractivity contribution is 9.11. The molecule has 0 bridgehead atoms. The minimum Gasteiger partial charge on any atom is -0.487 e. The lowest BCUT2D eigenvalue weighted by Gasteiger charge is -2.12.